The molecule has 1 amide bonds. The number of carboxylic acid groups (broad SMARTS) is 1. The molecule has 0 fully saturated rings. The summed E-state index contributed by atoms with van der Waals surface area (Å²) < 4.78 is 18.7. The summed E-state index contributed by atoms with van der Waals surface area (Å²) in [6.45, 7) is 0.252. The molecule has 0 spiro atoms. The summed E-state index contributed by atoms with van der Waals surface area (Å²) >= 11 is 0. The van der Waals surface area contributed by atoms with Gasteiger partial charge in [0.05, 0.1) is 12.7 Å². The van der Waals surface area contributed by atoms with Crippen LogP contribution in [0.2, 0.25) is 0 Å². The Balaban J connectivity index is 2.74. The molecule has 0 saturated carbocycles. The van der Waals surface area contributed by atoms with Gasteiger partial charge in [0.25, 0.3) is 5.91 Å². The van der Waals surface area contributed by atoms with E-state index in [0.717, 1.165) is 0 Å². The molecule has 1 N–H and O–H groups in total. The number of nitrogens with zero attached hydrogens (tertiary/aromatic N) is 1. The number of methoxy groups -OCH3 is 1. The lowest BCUT2D eigenvalue weighted by atomic mass is 10.1. The molecule has 104 valence electrons. The first-order chi connectivity index (χ1) is 8.97. The zero-order valence-corrected chi connectivity index (χ0v) is 10.9. The molecule has 1 aromatic rings. The first-order valence-corrected chi connectivity index (χ1v) is 5.77. The van der Waals surface area contributed by atoms with Crippen LogP contribution in [0.25, 0.3) is 0 Å². The lowest BCUT2D eigenvalue weighted by molar-refractivity contribution is -0.137. The van der Waals surface area contributed by atoms with Gasteiger partial charge in [-0.25, -0.2) is 4.39 Å². The molecule has 5 nitrogen and oxygen atoms in total. The van der Waals surface area contributed by atoms with E-state index in [1.807, 2.05) is 0 Å². The normalized spacial score (nSPS) is 10.1. The standard InChI is InChI=1S/C13H16FNO4/c1-15(8-4-7-11(16)17)13(18)9-5-3-6-10(19-2)12(9)14/h3,5-6H,4,7-8H2,1-2H3,(H,16,17). The molecule has 0 bridgehead atoms. The largest absolute Gasteiger partial charge is 0.494 e. The summed E-state index contributed by atoms with van der Waals surface area (Å²) in [4.78, 5) is 23.7. The van der Waals surface area contributed by atoms with Gasteiger partial charge in [0.2, 0.25) is 0 Å². The summed E-state index contributed by atoms with van der Waals surface area (Å²) in [5.41, 5.74) is -0.0859. The molecule has 0 aliphatic carbocycles. The highest BCUT2D eigenvalue weighted by Gasteiger charge is 2.18. The second-order valence-corrected chi connectivity index (χ2v) is 4.05. The van der Waals surface area contributed by atoms with Crippen molar-refractivity contribution < 1.29 is 23.8 Å². The maximum atomic E-state index is 13.9. The number of ether oxygens (including phenoxy) is 1. The number of halogens is 1. The number of hydrogen-bond donors (Lipinski definition) is 1. The number of amides is 1. The van der Waals surface area contributed by atoms with Crippen LogP contribution >= 0.6 is 0 Å². The number of aliphatic carboxylic acids is 1. The van der Waals surface area contributed by atoms with Crippen LogP contribution in [0.15, 0.2) is 18.2 Å². The molecule has 0 unspecified atom stereocenters. The summed E-state index contributed by atoms with van der Waals surface area (Å²) in [6, 6.07) is 4.32. The van der Waals surface area contributed by atoms with E-state index in [-0.39, 0.29) is 24.3 Å². The zero-order chi connectivity index (χ0) is 14.4. The van der Waals surface area contributed by atoms with Gasteiger partial charge in [-0.05, 0) is 18.6 Å². The number of carbonyl (C=O) groups is 2. The minimum absolute atomic E-state index is 0.00443. The quantitative estimate of drug-likeness (QED) is 0.854. The van der Waals surface area contributed by atoms with Crippen LogP contribution in [0.4, 0.5) is 4.39 Å². The molecule has 0 heterocycles. The Hall–Kier alpha value is -2.11. The first-order valence-electron chi connectivity index (χ1n) is 5.77. The fourth-order valence-corrected chi connectivity index (χ4v) is 1.61. The van der Waals surface area contributed by atoms with Crippen molar-refractivity contribution in [3.8, 4) is 5.75 Å². The monoisotopic (exact) mass is 269 g/mol. The van der Waals surface area contributed by atoms with Crippen LogP contribution < -0.4 is 4.74 Å². The third-order valence-corrected chi connectivity index (χ3v) is 2.64. The maximum absolute atomic E-state index is 13.9. The molecule has 19 heavy (non-hydrogen) atoms. The van der Waals surface area contributed by atoms with Gasteiger partial charge in [0, 0.05) is 20.0 Å². The van der Waals surface area contributed by atoms with Crippen LogP contribution in [0, 0.1) is 5.82 Å². The van der Waals surface area contributed by atoms with Crippen LogP contribution in [0.3, 0.4) is 0 Å². The first kappa shape index (κ1) is 14.9. The Bertz CT molecular complexity index is 476. The molecule has 1 rings (SSSR count). The van der Waals surface area contributed by atoms with Gasteiger partial charge in [-0.15, -0.1) is 0 Å². The molecule has 0 aromatic heterocycles. The molecule has 0 atom stereocenters. The third-order valence-electron chi connectivity index (χ3n) is 2.64. The lowest BCUT2D eigenvalue weighted by Crippen LogP contribution is -2.29. The van der Waals surface area contributed by atoms with E-state index in [1.165, 1.54) is 37.3 Å². The lowest BCUT2D eigenvalue weighted by Gasteiger charge is -2.17. The Morgan fingerprint density at radius 2 is 2.11 bits per heavy atom. The van der Waals surface area contributed by atoms with Gasteiger partial charge in [-0.2, -0.15) is 0 Å². The highest BCUT2D eigenvalue weighted by atomic mass is 19.1. The summed E-state index contributed by atoms with van der Waals surface area (Å²) in [5, 5.41) is 8.51. The SMILES string of the molecule is COc1cccc(C(=O)N(C)CCCC(=O)O)c1F. The second kappa shape index (κ2) is 6.72. The van der Waals surface area contributed by atoms with Gasteiger partial charge in [-0.3, -0.25) is 9.59 Å². The van der Waals surface area contributed by atoms with Gasteiger partial charge in [0.15, 0.2) is 11.6 Å². The summed E-state index contributed by atoms with van der Waals surface area (Å²) in [7, 11) is 2.83. The van der Waals surface area contributed by atoms with E-state index in [1.54, 1.807) is 0 Å². The van der Waals surface area contributed by atoms with E-state index in [2.05, 4.69) is 0 Å². The Morgan fingerprint density at radius 1 is 1.42 bits per heavy atom. The topological polar surface area (TPSA) is 66.8 Å². The van der Waals surface area contributed by atoms with Crippen molar-refractivity contribution in [3.05, 3.63) is 29.6 Å². The van der Waals surface area contributed by atoms with Crippen molar-refractivity contribution in [1.82, 2.24) is 4.90 Å². The average molecular weight is 269 g/mol. The molecular weight excluding hydrogens is 253 g/mol. The predicted molar refractivity (Wildman–Crippen MR) is 66.8 cm³/mol. The minimum atomic E-state index is -0.923. The van der Waals surface area contributed by atoms with Crippen molar-refractivity contribution >= 4 is 11.9 Å². The van der Waals surface area contributed by atoms with Crippen molar-refractivity contribution in [1.29, 1.82) is 0 Å². The molecule has 6 heteroatoms. The van der Waals surface area contributed by atoms with Crippen molar-refractivity contribution in [2.24, 2.45) is 0 Å². The fourth-order valence-electron chi connectivity index (χ4n) is 1.61. The van der Waals surface area contributed by atoms with Crippen LogP contribution in [-0.2, 0) is 4.79 Å². The number of carbonyl (C=O) groups excluding carboxylic acids is 1. The fraction of sp³-hybridized carbons (Fsp3) is 0.385. The Labute approximate surface area is 110 Å². The van der Waals surface area contributed by atoms with Crippen LogP contribution in [0.5, 0.6) is 5.75 Å². The molecular formula is C13H16FNO4. The van der Waals surface area contributed by atoms with Gasteiger partial charge >= 0.3 is 5.97 Å². The Morgan fingerprint density at radius 3 is 2.68 bits per heavy atom. The van der Waals surface area contributed by atoms with Crippen molar-refractivity contribution in [2.45, 2.75) is 12.8 Å². The number of carboxylic acids is 1. The van der Waals surface area contributed by atoms with E-state index in [4.69, 9.17) is 9.84 Å². The molecule has 0 aliphatic rings. The van der Waals surface area contributed by atoms with E-state index < -0.39 is 17.7 Å². The molecule has 0 aliphatic heterocycles. The third kappa shape index (κ3) is 3.94. The van der Waals surface area contributed by atoms with Gasteiger partial charge < -0.3 is 14.7 Å². The summed E-state index contributed by atoms with van der Waals surface area (Å²) in [5.74, 6) is -2.12. The number of rotatable bonds is 6. The maximum Gasteiger partial charge on any atom is 0.303 e. The van der Waals surface area contributed by atoms with Gasteiger partial charge in [-0.1, -0.05) is 6.07 Å². The smallest absolute Gasteiger partial charge is 0.303 e. The van der Waals surface area contributed by atoms with Crippen molar-refractivity contribution in [3.63, 3.8) is 0 Å². The minimum Gasteiger partial charge on any atom is -0.494 e. The number of hydrogen-bond acceptors (Lipinski definition) is 3. The highest BCUT2D eigenvalue weighted by Crippen LogP contribution is 2.21. The zero-order valence-electron chi connectivity index (χ0n) is 10.9. The van der Waals surface area contributed by atoms with E-state index in [0.29, 0.717) is 6.42 Å². The van der Waals surface area contributed by atoms with E-state index in [9.17, 15) is 14.0 Å². The second-order valence-electron chi connectivity index (χ2n) is 4.05. The van der Waals surface area contributed by atoms with Crippen LogP contribution in [0.1, 0.15) is 23.2 Å². The van der Waals surface area contributed by atoms with Crippen LogP contribution in [-0.4, -0.2) is 42.6 Å². The molecule has 0 saturated heterocycles. The van der Waals surface area contributed by atoms with Gasteiger partial charge in [0.1, 0.15) is 0 Å². The van der Waals surface area contributed by atoms with Crippen molar-refractivity contribution in [2.75, 3.05) is 20.7 Å². The average Bonchev–Trinajstić information content (AvgIpc) is 2.37. The molecule has 1 aromatic carbocycles. The highest BCUT2D eigenvalue weighted by molar-refractivity contribution is 5.94. The molecule has 0 radical (unpaired) electrons. The Kier molecular flexibility index (Phi) is 5.29. The summed E-state index contributed by atoms with van der Waals surface area (Å²) in [6.07, 6.45) is 0.293. The predicted octanol–water partition coefficient (Wildman–Crippen LogP) is 1.77. The van der Waals surface area contributed by atoms with E-state index >= 15 is 0 Å². The number of benzene rings is 1.